The first-order valence-electron chi connectivity index (χ1n) is 4.73. The number of aldehydes is 1. The number of amides is 1. The van der Waals surface area contributed by atoms with E-state index in [2.05, 4.69) is 10.3 Å². The lowest BCUT2D eigenvalue weighted by Crippen LogP contribution is -2.23. The fourth-order valence-electron chi connectivity index (χ4n) is 1.09. The van der Waals surface area contributed by atoms with Crippen molar-refractivity contribution in [1.29, 1.82) is 0 Å². The Morgan fingerprint density at radius 3 is 2.71 bits per heavy atom. The molecule has 88 valence electrons. The molecule has 1 aromatic heterocycles. The summed E-state index contributed by atoms with van der Waals surface area (Å²) in [4.78, 5) is 36.1. The van der Waals surface area contributed by atoms with Gasteiger partial charge in [-0.2, -0.15) is 0 Å². The summed E-state index contributed by atoms with van der Waals surface area (Å²) in [7, 11) is 0. The Kier molecular flexibility index (Phi) is 4.56. The summed E-state index contributed by atoms with van der Waals surface area (Å²) in [6, 6.07) is 4.73. The van der Waals surface area contributed by atoms with Crippen molar-refractivity contribution in [2.45, 2.75) is 0 Å². The largest absolute Gasteiger partial charge is 0.478 e. The monoisotopic (exact) mass is 234 g/mol. The number of pyridine rings is 1. The Morgan fingerprint density at radius 2 is 2.18 bits per heavy atom. The fraction of sp³-hybridized carbons (Fsp3) is 0.0909. The number of carbonyl (C=O) groups excluding carboxylic acids is 2. The van der Waals surface area contributed by atoms with Gasteiger partial charge < -0.3 is 15.2 Å². The first kappa shape index (κ1) is 12.6. The molecule has 0 unspecified atom stereocenters. The van der Waals surface area contributed by atoms with Gasteiger partial charge in [0.05, 0.1) is 17.8 Å². The molecule has 6 nitrogen and oxygen atoms in total. The molecule has 0 saturated carbocycles. The van der Waals surface area contributed by atoms with Crippen molar-refractivity contribution in [3.63, 3.8) is 0 Å². The van der Waals surface area contributed by atoms with Crippen LogP contribution in [0.4, 0.5) is 0 Å². The van der Waals surface area contributed by atoms with Gasteiger partial charge >= 0.3 is 5.97 Å². The van der Waals surface area contributed by atoms with Crippen LogP contribution in [0.2, 0.25) is 0 Å². The minimum atomic E-state index is -1.26. The minimum absolute atomic E-state index is 0.162. The van der Waals surface area contributed by atoms with Crippen molar-refractivity contribution in [1.82, 2.24) is 10.3 Å². The van der Waals surface area contributed by atoms with Gasteiger partial charge in [0.1, 0.15) is 6.29 Å². The summed E-state index contributed by atoms with van der Waals surface area (Å²) in [5, 5.41) is 11.2. The number of hydrogen-bond donors (Lipinski definition) is 2. The van der Waals surface area contributed by atoms with Crippen molar-refractivity contribution >= 4 is 23.7 Å². The number of rotatable bonds is 5. The maximum absolute atomic E-state index is 11.3. The topological polar surface area (TPSA) is 96.4 Å². The molecule has 1 heterocycles. The van der Waals surface area contributed by atoms with Gasteiger partial charge in [0.2, 0.25) is 5.91 Å². The van der Waals surface area contributed by atoms with Crippen LogP contribution in [0, 0.1) is 0 Å². The van der Waals surface area contributed by atoms with Crippen LogP contribution in [0.3, 0.4) is 0 Å². The molecule has 0 aliphatic carbocycles. The summed E-state index contributed by atoms with van der Waals surface area (Å²) in [5.41, 5.74) is -0.0461. The van der Waals surface area contributed by atoms with E-state index >= 15 is 0 Å². The standard InChI is InChI=1S/C11H10N2O4/c14-6-5-13-10(15)7-8(11(16)17)9-3-1-2-4-12-9/h1-4,6-7H,5H2,(H,13,15)(H,16,17). The highest BCUT2D eigenvalue weighted by Crippen LogP contribution is 2.10. The number of carbonyl (C=O) groups is 3. The van der Waals surface area contributed by atoms with Gasteiger partial charge in [-0.3, -0.25) is 9.78 Å². The molecule has 0 fully saturated rings. The number of hydrogen-bond acceptors (Lipinski definition) is 4. The van der Waals surface area contributed by atoms with Gasteiger partial charge in [-0.15, -0.1) is 0 Å². The van der Waals surface area contributed by atoms with Crippen LogP contribution in [0.1, 0.15) is 5.69 Å². The van der Waals surface area contributed by atoms with E-state index in [1.54, 1.807) is 12.1 Å². The second kappa shape index (κ2) is 6.16. The van der Waals surface area contributed by atoms with Crippen molar-refractivity contribution < 1.29 is 19.5 Å². The molecule has 0 aliphatic rings. The lowest BCUT2D eigenvalue weighted by Gasteiger charge is -2.01. The zero-order chi connectivity index (χ0) is 12.7. The van der Waals surface area contributed by atoms with Gasteiger partial charge in [0.15, 0.2) is 0 Å². The van der Waals surface area contributed by atoms with E-state index in [9.17, 15) is 14.4 Å². The second-order valence-electron chi connectivity index (χ2n) is 2.99. The molecule has 0 saturated heterocycles. The third-order valence-corrected chi connectivity index (χ3v) is 1.81. The highest BCUT2D eigenvalue weighted by Gasteiger charge is 2.13. The molecular formula is C11H10N2O4. The van der Waals surface area contributed by atoms with Crippen LogP contribution >= 0.6 is 0 Å². The highest BCUT2D eigenvalue weighted by molar-refractivity contribution is 6.19. The maximum Gasteiger partial charge on any atom is 0.338 e. The van der Waals surface area contributed by atoms with E-state index in [0.29, 0.717) is 6.29 Å². The molecule has 0 aromatic carbocycles. The molecule has 0 bridgehead atoms. The van der Waals surface area contributed by atoms with Crippen LogP contribution in [0.15, 0.2) is 30.5 Å². The molecule has 1 amide bonds. The smallest absolute Gasteiger partial charge is 0.338 e. The number of carboxylic acids is 1. The Morgan fingerprint density at radius 1 is 1.41 bits per heavy atom. The molecule has 0 atom stereocenters. The molecule has 2 N–H and O–H groups in total. The summed E-state index contributed by atoms with van der Waals surface area (Å²) >= 11 is 0. The summed E-state index contributed by atoms with van der Waals surface area (Å²) in [5.74, 6) is -1.91. The molecule has 17 heavy (non-hydrogen) atoms. The number of carboxylic acid groups (broad SMARTS) is 1. The van der Waals surface area contributed by atoms with Crippen molar-refractivity contribution in [2.24, 2.45) is 0 Å². The first-order valence-corrected chi connectivity index (χ1v) is 4.73. The Labute approximate surface area is 97.0 Å². The Balaban J connectivity index is 2.94. The third kappa shape index (κ3) is 3.86. The van der Waals surface area contributed by atoms with E-state index in [4.69, 9.17) is 5.11 Å². The zero-order valence-electron chi connectivity index (χ0n) is 8.79. The van der Waals surface area contributed by atoms with Crippen molar-refractivity contribution in [2.75, 3.05) is 6.54 Å². The van der Waals surface area contributed by atoms with Crippen LogP contribution in [-0.2, 0) is 14.4 Å². The minimum Gasteiger partial charge on any atom is -0.478 e. The van der Waals surface area contributed by atoms with Crippen LogP contribution < -0.4 is 5.32 Å². The van der Waals surface area contributed by atoms with Crippen molar-refractivity contribution in [3.05, 3.63) is 36.2 Å². The van der Waals surface area contributed by atoms with E-state index in [0.717, 1.165) is 6.08 Å². The molecule has 1 aromatic rings. The van der Waals surface area contributed by atoms with Crippen LogP contribution in [-0.4, -0.2) is 34.8 Å². The quantitative estimate of drug-likeness (QED) is 0.546. The van der Waals surface area contributed by atoms with E-state index in [1.165, 1.54) is 12.3 Å². The SMILES string of the molecule is O=CCNC(=O)C=C(C(=O)O)c1ccccn1. The maximum atomic E-state index is 11.3. The lowest BCUT2D eigenvalue weighted by atomic mass is 10.1. The Bertz CT molecular complexity index is 454. The predicted octanol–water partition coefficient (Wildman–Crippen LogP) is -0.135. The fourth-order valence-corrected chi connectivity index (χ4v) is 1.09. The van der Waals surface area contributed by atoms with E-state index < -0.39 is 11.9 Å². The molecule has 6 heteroatoms. The van der Waals surface area contributed by atoms with E-state index in [-0.39, 0.29) is 17.8 Å². The number of aliphatic carboxylic acids is 1. The first-order chi connectivity index (χ1) is 8.15. The van der Waals surface area contributed by atoms with Gasteiger partial charge in [0, 0.05) is 12.3 Å². The normalized spacial score (nSPS) is 10.7. The lowest BCUT2D eigenvalue weighted by molar-refractivity contribution is -0.130. The van der Waals surface area contributed by atoms with E-state index in [1.807, 2.05) is 0 Å². The van der Waals surface area contributed by atoms with Gasteiger partial charge in [0.25, 0.3) is 0 Å². The van der Waals surface area contributed by atoms with Gasteiger partial charge in [-0.1, -0.05) is 6.07 Å². The molecule has 1 rings (SSSR count). The number of nitrogens with zero attached hydrogens (tertiary/aromatic N) is 1. The average molecular weight is 234 g/mol. The Hall–Kier alpha value is -2.50. The molecule has 0 spiro atoms. The number of nitrogens with one attached hydrogen (secondary N) is 1. The van der Waals surface area contributed by atoms with Gasteiger partial charge in [-0.25, -0.2) is 4.79 Å². The predicted molar refractivity (Wildman–Crippen MR) is 58.9 cm³/mol. The summed E-state index contributed by atoms with van der Waals surface area (Å²) in [6.07, 6.45) is 2.83. The highest BCUT2D eigenvalue weighted by atomic mass is 16.4. The molecular weight excluding hydrogens is 224 g/mol. The second-order valence-corrected chi connectivity index (χ2v) is 2.99. The molecule has 0 aliphatic heterocycles. The number of aromatic nitrogens is 1. The average Bonchev–Trinajstić information content (AvgIpc) is 2.34. The summed E-state index contributed by atoms with van der Waals surface area (Å²) < 4.78 is 0. The van der Waals surface area contributed by atoms with Crippen molar-refractivity contribution in [3.8, 4) is 0 Å². The third-order valence-electron chi connectivity index (χ3n) is 1.81. The molecule has 0 radical (unpaired) electrons. The zero-order valence-corrected chi connectivity index (χ0v) is 8.79. The summed E-state index contributed by atoms with van der Waals surface area (Å²) in [6.45, 7) is -0.162. The van der Waals surface area contributed by atoms with Crippen LogP contribution in [0.25, 0.3) is 5.57 Å². The van der Waals surface area contributed by atoms with Gasteiger partial charge in [-0.05, 0) is 12.1 Å². The van der Waals surface area contributed by atoms with Crippen LogP contribution in [0.5, 0.6) is 0 Å².